The highest BCUT2D eigenvalue weighted by Crippen LogP contribution is 2.35. The highest BCUT2D eigenvalue weighted by atomic mass is 79.9. The van der Waals surface area contributed by atoms with E-state index < -0.39 is 0 Å². The van der Waals surface area contributed by atoms with E-state index in [1.807, 2.05) is 35.1 Å². The number of nitrogens with two attached hydrogens (primary N) is 1. The molecule has 0 radical (unpaired) electrons. The second-order valence-corrected chi connectivity index (χ2v) is 5.72. The Balaban J connectivity index is 1.82. The molecule has 1 heterocycles. The Morgan fingerprint density at radius 1 is 1.29 bits per heavy atom. The van der Waals surface area contributed by atoms with Gasteiger partial charge >= 0.3 is 0 Å². The molecule has 17 heavy (non-hydrogen) atoms. The largest absolute Gasteiger partial charge is 0.325 e. The standard InChI is InChI=1S/C13H14BrN3/c14-11-1-3-12(4-2-11)17-9-10(8-16-17)7-13(15)5-6-13/h1-4,8-9H,5-7,15H2. The van der Waals surface area contributed by atoms with Crippen molar-refractivity contribution in [3.8, 4) is 5.69 Å². The van der Waals surface area contributed by atoms with Crippen LogP contribution in [0.3, 0.4) is 0 Å². The summed E-state index contributed by atoms with van der Waals surface area (Å²) in [6, 6.07) is 8.11. The first-order chi connectivity index (χ1) is 8.15. The molecule has 0 spiro atoms. The summed E-state index contributed by atoms with van der Waals surface area (Å²) >= 11 is 3.43. The molecule has 0 aliphatic heterocycles. The van der Waals surface area contributed by atoms with Crippen LogP contribution < -0.4 is 5.73 Å². The Bertz CT molecular complexity index is 526. The number of benzene rings is 1. The van der Waals surface area contributed by atoms with Crippen LogP contribution in [0.5, 0.6) is 0 Å². The molecule has 1 aromatic heterocycles. The third kappa shape index (κ3) is 2.42. The van der Waals surface area contributed by atoms with Crippen molar-refractivity contribution in [3.63, 3.8) is 0 Å². The molecule has 1 saturated carbocycles. The molecule has 2 N–H and O–H groups in total. The quantitative estimate of drug-likeness (QED) is 0.945. The fraction of sp³-hybridized carbons (Fsp3) is 0.308. The van der Waals surface area contributed by atoms with Gasteiger partial charge in [-0.1, -0.05) is 15.9 Å². The average Bonchev–Trinajstić information content (AvgIpc) is 2.86. The zero-order chi connectivity index (χ0) is 11.9. The second kappa shape index (κ2) is 3.96. The first-order valence-corrected chi connectivity index (χ1v) is 6.52. The fourth-order valence-electron chi connectivity index (χ4n) is 1.93. The minimum atomic E-state index is 0.0492. The van der Waals surface area contributed by atoms with Gasteiger partial charge in [0.15, 0.2) is 0 Å². The van der Waals surface area contributed by atoms with Crippen molar-refractivity contribution in [2.24, 2.45) is 5.73 Å². The lowest BCUT2D eigenvalue weighted by Crippen LogP contribution is -2.24. The maximum absolute atomic E-state index is 6.10. The highest BCUT2D eigenvalue weighted by molar-refractivity contribution is 9.10. The van der Waals surface area contributed by atoms with Crippen molar-refractivity contribution in [2.45, 2.75) is 24.8 Å². The number of hydrogen-bond acceptors (Lipinski definition) is 2. The van der Waals surface area contributed by atoms with Crippen LogP contribution in [0, 0.1) is 0 Å². The summed E-state index contributed by atoms with van der Waals surface area (Å²) in [4.78, 5) is 0. The third-order valence-corrected chi connectivity index (χ3v) is 3.70. The molecular weight excluding hydrogens is 278 g/mol. The van der Waals surface area contributed by atoms with Crippen molar-refractivity contribution in [1.29, 1.82) is 0 Å². The van der Waals surface area contributed by atoms with Gasteiger partial charge in [-0.15, -0.1) is 0 Å². The van der Waals surface area contributed by atoms with E-state index in [9.17, 15) is 0 Å². The van der Waals surface area contributed by atoms with Crippen LogP contribution in [-0.4, -0.2) is 15.3 Å². The first-order valence-electron chi connectivity index (χ1n) is 5.73. The third-order valence-electron chi connectivity index (χ3n) is 3.18. The minimum absolute atomic E-state index is 0.0492. The van der Waals surface area contributed by atoms with Gasteiger partial charge < -0.3 is 5.73 Å². The van der Waals surface area contributed by atoms with Gasteiger partial charge in [-0.25, -0.2) is 4.68 Å². The van der Waals surface area contributed by atoms with E-state index in [1.165, 1.54) is 5.56 Å². The van der Waals surface area contributed by atoms with Crippen LogP contribution >= 0.6 is 15.9 Å². The number of aromatic nitrogens is 2. The van der Waals surface area contributed by atoms with Gasteiger partial charge in [-0.05, 0) is 49.1 Å². The average molecular weight is 292 g/mol. The summed E-state index contributed by atoms with van der Waals surface area (Å²) in [5.74, 6) is 0. The molecule has 3 nitrogen and oxygen atoms in total. The van der Waals surface area contributed by atoms with Crippen LogP contribution in [0.4, 0.5) is 0 Å². The SMILES string of the molecule is NC1(Cc2cnn(-c3ccc(Br)cc3)c2)CC1. The summed E-state index contributed by atoms with van der Waals surface area (Å²) in [6.45, 7) is 0. The Morgan fingerprint density at radius 2 is 2.00 bits per heavy atom. The van der Waals surface area contributed by atoms with Crippen molar-refractivity contribution in [2.75, 3.05) is 0 Å². The number of nitrogens with zero attached hydrogens (tertiary/aromatic N) is 2. The smallest absolute Gasteiger partial charge is 0.0646 e. The monoisotopic (exact) mass is 291 g/mol. The molecule has 2 aromatic rings. The molecule has 1 aromatic carbocycles. The predicted molar refractivity (Wildman–Crippen MR) is 71.1 cm³/mol. The number of rotatable bonds is 3. The summed E-state index contributed by atoms with van der Waals surface area (Å²) < 4.78 is 2.97. The maximum Gasteiger partial charge on any atom is 0.0646 e. The Labute approximate surface area is 109 Å². The van der Waals surface area contributed by atoms with E-state index in [1.54, 1.807) is 0 Å². The lowest BCUT2D eigenvalue weighted by Gasteiger charge is -2.04. The van der Waals surface area contributed by atoms with E-state index in [0.29, 0.717) is 0 Å². The number of hydrogen-bond donors (Lipinski definition) is 1. The fourth-order valence-corrected chi connectivity index (χ4v) is 2.19. The summed E-state index contributed by atoms with van der Waals surface area (Å²) in [7, 11) is 0. The molecule has 3 rings (SSSR count). The zero-order valence-corrected chi connectivity index (χ0v) is 11.0. The lowest BCUT2D eigenvalue weighted by atomic mass is 10.1. The summed E-state index contributed by atoms with van der Waals surface area (Å²) in [5.41, 5.74) is 8.44. The van der Waals surface area contributed by atoms with E-state index >= 15 is 0 Å². The molecule has 1 fully saturated rings. The zero-order valence-electron chi connectivity index (χ0n) is 9.44. The molecule has 0 amide bonds. The summed E-state index contributed by atoms with van der Waals surface area (Å²) in [6.07, 6.45) is 7.18. The molecule has 0 saturated heterocycles. The van der Waals surface area contributed by atoms with Crippen LogP contribution in [0.2, 0.25) is 0 Å². The van der Waals surface area contributed by atoms with Crippen LogP contribution in [-0.2, 0) is 6.42 Å². The predicted octanol–water partition coefficient (Wildman–Crippen LogP) is 2.67. The van der Waals surface area contributed by atoms with E-state index in [4.69, 9.17) is 5.73 Å². The normalized spacial score (nSPS) is 17.1. The van der Waals surface area contributed by atoms with Gasteiger partial charge in [0.2, 0.25) is 0 Å². The molecule has 0 unspecified atom stereocenters. The van der Waals surface area contributed by atoms with Gasteiger partial charge in [0.05, 0.1) is 11.9 Å². The molecule has 88 valence electrons. The minimum Gasteiger partial charge on any atom is -0.325 e. The molecule has 1 aliphatic carbocycles. The molecule has 0 bridgehead atoms. The lowest BCUT2D eigenvalue weighted by molar-refractivity contribution is 0.672. The van der Waals surface area contributed by atoms with E-state index in [0.717, 1.165) is 29.4 Å². The Kier molecular flexibility index (Phi) is 2.56. The molecule has 0 atom stereocenters. The summed E-state index contributed by atoms with van der Waals surface area (Å²) in [5, 5.41) is 4.37. The van der Waals surface area contributed by atoms with Crippen LogP contribution in [0.1, 0.15) is 18.4 Å². The Hall–Kier alpha value is -1.13. The van der Waals surface area contributed by atoms with E-state index in [2.05, 4.69) is 27.2 Å². The molecule has 1 aliphatic rings. The van der Waals surface area contributed by atoms with Gasteiger partial charge in [0.1, 0.15) is 0 Å². The van der Waals surface area contributed by atoms with Crippen LogP contribution in [0.15, 0.2) is 41.1 Å². The molecule has 4 heteroatoms. The van der Waals surface area contributed by atoms with Crippen molar-refractivity contribution in [3.05, 3.63) is 46.7 Å². The Morgan fingerprint density at radius 3 is 2.65 bits per heavy atom. The van der Waals surface area contributed by atoms with Gasteiger partial charge in [-0.2, -0.15) is 5.10 Å². The van der Waals surface area contributed by atoms with Gasteiger partial charge in [0.25, 0.3) is 0 Å². The highest BCUT2D eigenvalue weighted by Gasteiger charge is 2.38. The van der Waals surface area contributed by atoms with Gasteiger partial charge in [-0.3, -0.25) is 0 Å². The van der Waals surface area contributed by atoms with Crippen molar-refractivity contribution < 1.29 is 0 Å². The second-order valence-electron chi connectivity index (χ2n) is 4.81. The van der Waals surface area contributed by atoms with Gasteiger partial charge in [0, 0.05) is 16.2 Å². The van der Waals surface area contributed by atoms with Crippen LogP contribution in [0.25, 0.3) is 5.69 Å². The van der Waals surface area contributed by atoms with Crippen molar-refractivity contribution >= 4 is 15.9 Å². The topological polar surface area (TPSA) is 43.8 Å². The maximum atomic E-state index is 6.10. The van der Waals surface area contributed by atoms with Crippen molar-refractivity contribution in [1.82, 2.24) is 9.78 Å². The number of halogens is 1. The first kappa shape index (κ1) is 11.0. The van der Waals surface area contributed by atoms with E-state index in [-0.39, 0.29) is 5.54 Å². The molecular formula is C13H14BrN3.